The maximum absolute atomic E-state index is 12.7. The lowest BCUT2D eigenvalue weighted by atomic mass is 10.1. The summed E-state index contributed by atoms with van der Waals surface area (Å²) in [5.74, 6) is 0. The fourth-order valence-electron chi connectivity index (χ4n) is 2.68. The highest BCUT2D eigenvalue weighted by Crippen LogP contribution is 2.24. The molecule has 0 saturated carbocycles. The van der Waals surface area contributed by atoms with Crippen molar-refractivity contribution in [2.75, 3.05) is 13.6 Å². The highest BCUT2D eigenvalue weighted by atomic mass is 79.9. The van der Waals surface area contributed by atoms with Crippen molar-refractivity contribution in [2.24, 2.45) is 0 Å². The molecule has 1 heterocycles. The fourth-order valence-corrected chi connectivity index (χ4v) is 4.85. The number of hydrogen-bond acceptors (Lipinski definition) is 3. The van der Waals surface area contributed by atoms with E-state index in [2.05, 4.69) is 26.1 Å². The Morgan fingerprint density at radius 2 is 1.77 bits per heavy atom. The van der Waals surface area contributed by atoms with E-state index in [1.807, 2.05) is 36.4 Å². The number of halogens is 1. The molecule has 0 aliphatic rings. The Labute approximate surface area is 162 Å². The first-order valence-electron chi connectivity index (χ1n) is 8.29. The molecule has 136 valence electrons. The molecule has 0 atom stereocenters. The Morgan fingerprint density at radius 1 is 1.08 bits per heavy atom. The zero-order chi connectivity index (χ0) is 18.6. The van der Waals surface area contributed by atoms with Crippen LogP contribution in [0.15, 0.2) is 70.0 Å². The molecule has 0 radical (unpaired) electrons. The van der Waals surface area contributed by atoms with Crippen LogP contribution in [0.5, 0.6) is 0 Å². The molecule has 3 rings (SSSR count). The molecular weight excluding hydrogens is 414 g/mol. The smallest absolute Gasteiger partial charge is 0.243 e. The Bertz CT molecular complexity index is 971. The molecule has 1 aromatic heterocycles. The van der Waals surface area contributed by atoms with E-state index in [1.165, 1.54) is 4.31 Å². The van der Waals surface area contributed by atoms with Gasteiger partial charge in [0.25, 0.3) is 0 Å². The van der Waals surface area contributed by atoms with Crippen molar-refractivity contribution in [3.05, 3.63) is 70.8 Å². The average Bonchev–Trinajstić information content (AvgIpc) is 3.11. The number of rotatable bonds is 7. The summed E-state index contributed by atoms with van der Waals surface area (Å²) in [6.07, 6.45) is 1.44. The quantitative estimate of drug-likeness (QED) is 0.609. The molecule has 0 unspecified atom stereocenters. The molecule has 3 aromatic rings. The first-order chi connectivity index (χ1) is 12.5. The Balaban J connectivity index is 1.60. The van der Waals surface area contributed by atoms with E-state index >= 15 is 0 Å². The van der Waals surface area contributed by atoms with Crippen LogP contribution in [0, 0.1) is 0 Å². The SMILES string of the molecule is CN(CCCc1cc(-c2ccccc2)n[nH]1)S(=O)(=O)c1ccccc1Br. The molecule has 1 N–H and O–H groups in total. The van der Waals surface area contributed by atoms with Crippen LogP contribution < -0.4 is 0 Å². The van der Waals surface area contributed by atoms with Crippen LogP contribution in [-0.2, 0) is 16.4 Å². The van der Waals surface area contributed by atoms with Crippen molar-refractivity contribution in [1.82, 2.24) is 14.5 Å². The van der Waals surface area contributed by atoms with E-state index in [-0.39, 0.29) is 4.90 Å². The van der Waals surface area contributed by atoms with E-state index in [1.54, 1.807) is 31.3 Å². The van der Waals surface area contributed by atoms with Gasteiger partial charge in [0.2, 0.25) is 10.0 Å². The van der Waals surface area contributed by atoms with Gasteiger partial charge in [-0.05, 0) is 47.0 Å². The second kappa shape index (κ2) is 8.16. The summed E-state index contributed by atoms with van der Waals surface area (Å²) in [7, 11) is -1.89. The lowest BCUT2D eigenvalue weighted by molar-refractivity contribution is 0.460. The molecule has 0 bridgehead atoms. The van der Waals surface area contributed by atoms with E-state index in [4.69, 9.17) is 0 Å². The number of benzene rings is 2. The molecule has 26 heavy (non-hydrogen) atoms. The maximum Gasteiger partial charge on any atom is 0.243 e. The van der Waals surface area contributed by atoms with Gasteiger partial charge in [0.05, 0.1) is 10.6 Å². The third-order valence-corrected chi connectivity index (χ3v) is 7.01. The molecule has 0 aliphatic heterocycles. The molecule has 5 nitrogen and oxygen atoms in total. The summed E-state index contributed by atoms with van der Waals surface area (Å²) in [5.41, 5.74) is 2.95. The number of aromatic nitrogens is 2. The van der Waals surface area contributed by atoms with E-state index in [9.17, 15) is 8.42 Å². The predicted octanol–water partition coefficient (Wildman–Crippen LogP) is 4.09. The standard InChI is InChI=1S/C19H20BrN3O2S/c1-23(26(24,25)19-12-6-5-11-17(19)20)13-7-10-16-14-18(22-21-16)15-8-3-2-4-9-15/h2-6,8-9,11-12,14H,7,10,13H2,1H3,(H,21,22). The molecule has 7 heteroatoms. The third-order valence-electron chi connectivity index (χ3n) is 4.14. The minimum Gasteiger partial charge on any atom is -0.282 e. The third kappa shape index (κ3) is 4.23. The fraction of sp³-hybridized carbons (Fsp3) is 0.211. The number of nitrogens with one attached hydrogen (secondary N) is 1. The number of H-pyrrole nitrogens is 1. The first-order valence-corrected chi connectivity index (χ1v) is 10.5. The molecule has 0 fully saturated rings. The van der Waals surface area contributed by atoms with Crippen molar-refractivity contribution in [1.29, 1.82) is 0 Å². The van der Waals surface area contributed by atoms with Crippen LogP contribution in [0.4, 0.5) is 0 Å². The number of sulfonamides is 1. The second-order valence-electron chi connectivity index (χ2n) is 6.00. The summed E-state index contributed by atoms with van der Waals surface area (Å²) in [6, 6.07) is 18.8. The Morgan fingerprint density at radius 3 is 2.50 bits per heavy atom. The number of hydrogen-bond donors (Lipinski definition) is 1. The van der Waals surface area contributed by atoms with Crippen LogP contribution in [0.3, 0.4) is 0 Å². The minimum atomic E-state index is -3.50. The highest BCUT2D eigenvalue weighted by Gasteiger charge is 2.22. The van der Waals surface area contributed by atoms with Crippen LogP contribution in [0.1, 0.15) is 12.1 Å². The van der Waals surface area contributed by atoms with Crippen molar-refractivity contribution in [3.8, 4) is 11.3 Å². The lowest BCUT2D eigenvalue weighted by Gasteiger charge is -2.17. The summed E-state index contributed by atoms with van der Waals surface area (Å²) in [5, 5.41) is 7.36. The van der Waals surface area contributed by atoms with Gasteiger partial charge in [0, 0.05) is 29.3 Å². The largest absolute Gasteiger partial charge is 0.282 e. The van der Waals surface area contributed by atoms with Gasteiger partial charge < -0.3 is 0 Å². The Kier molecular flexibility index (Phi) is 5.90. The number of nitrogens with zero attached hydrogens (tertiary/aromatic N) is 2. The maximum atomic E-state index is 12.7. The van der Waals surface area contributed by atoms with Gasteiger partial charge in [-0.15, -0.1) is 0 Å². The Hall–Kier alpha value is -1.96. The van der Waals surface area contributed by atoms with E-state index in [0.717, 1.165) is 23.4 Å². The zero-order valence-corrected chi connectivity index (χ0v) is 16.8. The summed E-state index contributed by atoms with van der Waals surface area (Å²) in [6.45, 7) is 0.434. The van der Waals surface area contributed by atoms with Crippen molar-refractivity contribution >= 4 is 26.0 Å². The van der Waals surface area contributed by atoms with Crippen LogP contribution in [0.2, 0.25) is 0 Å². The summed E-state index contributed by atoms with van der Waals surface area (Å²) >= 11 is 3.31. The van der Waals surface area contributed by atoms with Crippen LogP contribution >= 0.6 is 15.9 Å². The first kappa shape index (κ1) is 18.8. The van der Waals surface area contributed by atoms with Crippen molar-refractivity contribution < 1.29 is 8.42 Å². The normalized spacial score (nSPS) is 11.8. The molecule has 0 amide bonds. The molecule has 0 spiro atoms. The van der Waals surface area contributed by atoms with E-state index in [0.29, 0.717) is 17.4 Å². The van der Waals surface area contributed by atoms with Gasteiger partial charge >= 0.3 is 0 Å². The molecular formula is C19H20BrN3O2S. The van der Waals surface area contributed by atoms with Crippen molar-refractivity contribution in [2.45, 2.75) is 17.7 Å². The highest BCUT2D eigenvalue weighted by molar-refractivity contribution is 9.10. The summed E-state index contributed by atoms with van der Waals surface area (Å²) < 4.78 is 27.3. The van der Waals surface area contributed by atoms with Gasteiger partial charge in [-0.3, -0.25) is 5.10 Å². The van der Waals surface area contributed by atoms with Gasteiger partial charge in [-0.1, -0.05) is 42.5 Å². The predicted molar refractivity (Wildman–Crippen MR) is 106 cm³/mol. The average molecular weight is 434 g/mol. The second-order valence-corrected chi connectivity index (χ2v) is 8.87. The van der Waals surface area contributed by atoms with Gasteiger partial charge in [-0.25, -0.2) is 12.7 Å². The number of aryl methyl sites for hydroxylation is 1. The van der Waals surface area contributed by atoms with Crippen LogP contribution in [0.25, 0.3) is 11.3 Å². The zero-order valence-electron chi connectivity index (χ0n) is 14.4. The van der Waals surface area contributed by atoms with Gasteiger partial charge in [0.15, 0.2) is 0 Å². The monoisotopic (exact) mass is 433 g/mol. The van der Waals surface area contributed by atoms with Gasteiger partial charge in [0.1, 0.15) is 0 Å². The molecule has 2 aromatic carbocycles. The topological polar surface area (TPSA) is 66.1 Å². The van der Waals surface area contributed by atoms with E-state index < -0.39 is 10.0 Å². The molecule has 0 aliphatic carbocycles. The molecule has 0 saturated heterocycles. The van der Waals surface area contributed by atoms with Crippen molar-refractivity contribution in [3.63, 3.8) is 0 Å². The number of aromatic amines is 1. The minimum absolute atomic E-state index is 0.287. The van der Waals surface area contributed by atoms with Crippen LogP contribution in [-0.4, -0.2) is 36.5 Å². The van der Waals surface area contributed by atoms with Gasteiger partial charge in [-0.2, -0.15) is 5.10 Å². The lowest BCUT2D eigenvalue weighted by Crippen LogP contribution is -2.28. The summed E-state index contributed by atoms with van der Waals surface area (Å²) in [4.78, 5) is 0.287.